The number of aromatic nitrogens is 7. The van der Waals surface area contributed by atoms with Crippen molar-refractivity contribution in [1.82, 2.24) is 34.0 Å². The van der Waals surface area contributed by atoms with E-state index in [9.17, 15) is 17.6 Å². The molecule has 10 aromatic rings. The number of oxazole rings is 2. The number of imidazole rings is 2. The molecule has 10 rings (SSSR count). The molecular formula is C36H19F4N7O2S. The van der Waals surface area contributed by atoms with Crippen LogP contribution in [-0.2, 0) is 0 Å². The number of rotatable bonds is 4. The Morgan fingerprint density at radius 3 is 1.88 bits per heavy atom. The van der Waals surface area contributed by atoms with Crippen LogP contribution in [0.3, 0.4) is 0 Å². The van der Waals surface area contributed by atoms with Crippen LogP contribution in [0.4, 0.5) is 17.6 Å². The molecule has 0 fully saturated rings. The van der Waals surface area contributed by atoms with Crippen LogP contribution in [0.1, 0.15) is 0 Å². The van der Waals surface area contributed by atoms with Gasteiger partial charge in [-0.15, -0.1) is 11.3 Å². The third kappa shape index (κ3) is 4.92. The number of nitrogens with one attached hydrogen (secondary N) is 1. The van der Waals surface area contributed by atoms with Crippen molar-refractivity contribution < 1.29 is 26.4 Å². The average Bonchev–Trinajstić information content (AvgIpc) is 3.94. The van der Waals surface area contributed by atoms with Gasteiger partial charge in [0.1, 0.15) is 47.2 Å². The van der Waals surface area contributed by atoms with Crippen LogP contribution in [-0.4, -0.2) is 34.0 Å². The van der Waals surface area contributed by atoms with Gasteiger partial charge in [0.25, 0.3) is 0 Å². The van der Waals surface area contributed by atoms with Crippen molar-refractivity contribution in [2.24, 2.45) is 0 Å². The zero-order chi connectivity index (χ0) is 33.9. The Morgan fingerprint density at radius 1 is 0.660 bits per heavy atom. The number of nitrogens with zero attached hydrogens (tertiary/aromatic N) is 6. The second-order valence-electron chi connectivity index (χ2n) is 11.2. The van der Waals surface area contributed by atoms with Crippen LogP contribution in [0.25, 0.3) is 77.8 Å². The molecule has 6 heterocycles. The van der Waals surface area contributed by atoms with Gasteiger partial charge < -0.3 is 8.83 Å². The van der Waals surface area contributed by atoms with Gasteiger partial charge in [-0.1, -0.05) is 12.1 Å². The van der Waals surface area contributed by atoms with E-state index in [-0.39, 0.29) is 11.1 Å². The molecule has 1 N–H and O–H groups in total. The number of H-pyrrole nitrogens is 1. The normalized spacial score (nSPS) is 11.6. The maximum atomic E-state index is 14.3. The summed E-state index contributed by atoms with van der Waals surface area (Å²) in [6.07, 6.45) is 8.17. The van der Waals surface area contributed by atoms with Crippen molar-refractivity contribution in [3.63, 3.8) is 0 Å². The maximum Gasteiger partial charge on any atom is 0.306 e. The number of fused-ring (bicyclic) bond motifs is 4. The highest BCUT2D eigenvalue weighted by Gasteiger charge is 2.22. The molecule has 0 spiro atoms. The van der Waals surface area contributed by atoms with Gasteiger partial charge in [0.05, 0.1) is 38.8 Å². The Kier molecular flexibility index (Phi) is 6.84. The molecule has 0 atom stereocenters. The molecule has 4 aromatic carbocycles. The monoisotopic (exact) mass is 689 g/mol. The number of aromatic amines is 1. The van der Waals surface area contributed by atoms with E-state index in [1.165, 1.54) is 48.1 Å². The maximum absolute atomic E-state index is 14.3. The molecule has 0 saturated heterocycles. The van der Waals surface area contributed by atoms with E-state index in [1.54, 1.807) is 32.9 Å². The van der Waals surface area contributed by atoms with E-state index in [4.69, 9.17) is 8.83 Å². The van der Waals surface area contributed by atoms with Crippen molar-refractivity contribution in [2.45, 2.75) is 0 Å². The van der Waals surface area contributed by atoms with Crippen LogP contribution in [0.15, 0.2) is 118 Å². The van der Waals surface area contributed by atoms with Crippen LogP contribution in [0, 0.1) is 23.3 Å². The number of hydrogen-bond acceptors (Lipinski definition) is 7. The summed E-state index contributed by atoms with van der Waals surface area (Å²) in [5.41, 5.74) is 7.82. The second-order valence-corrected chi connectivity index (χ2v) is 12.1. The molecule has 0 amide bonds. The predicted octanol–water partition coefficient (Wildman–Crippen LogP) is 9.56. The molecule has 0 saturated carbocycles. The molecule has 0 radical (unpaired) electrons. The highest BCUT2D eigenvalue weighted by molar-refractivity contribution is 7.16. The lowest BCUT2D eigenvalue weighted by Gasteiger charge is -2.06. The van der Waals surface area contributed by atoms with Gasteiger partial charge in [0.2, 0.25) is 0 Å². The van der Waals surface area contributed by atoms with Crippen LogP contribution in [0.5, 0.6) is 0 Å². The lowest BCUT2D eigenvalue weighted by atomic mass is 10.0. The van der Waals surface area contributed by atoms with Gasteiger partial charge in [-0.2, -0.15) is 15.1 Å². The molecule has 0 aliphatic carbocycles. The van der Waals surface area contributed by atoms with Crippen LogP contribution in [0.2, 0.25) is 0 Å². The van der Waals surface area contributed by atoms with Gasteiger partial charge in [-0.05, 0) is 48.5 Å². The van der Waals surface area contributed by atoms with Gasteiger partial charge in [0, 0.05) is 52.2 Å². The summed E-state index contributed by atoms with van der Waals surface area (Å²) in [5, 5.41) is 7.82. The van der Waals surface area contributed by atoms with Crippen molar-refractivity contribution >= 4 is 44.1 Å². The van der Waals surface area contributed by atoms with Crippen molar-refractivity contribution in [3.8, 4) is 45.0 Å². The first-order valence-electron chi connectivity index (χ1n) is 15.0. The minimum absolute atomic E-state index is 0.211. The zero-order valence-corrected chi connectivity index (χ0v) is 26.1. The lowest BCUT2D eigenvalue weighted by Crippen LogP contribution is -1.91. The van der Waals surface area contributed by atoms with Crippen LogP contribution < -0.4 is 0 Å². The van der Waals surface area contributed by atoms with E-state index < -0.39 is 23.3 Å². The summed E-state index contributed by atoms with van der Waals surface area (Å²) < 4.78 is 70.5. The molecular weight excluding hydrogens is 671 g/mol. The standard InChI is InChI=1S/C18H10F2N4O.C18H9F2N3OS/c19-12-2-3-13(14(20)8-12)16-17(24-5-6-25-18(24)22-16)10-1-4-15-11(7-10)9-21-23-15;19-11-2-3-12(13(20)8-11)16-17(23-5-6-24-18(23)22-16)10-1-4-14-15(7-10)25-9-21-14/h1-9H,(H,21,23);1-9H. The summed E-state index contributed by atoms with van der Waals surface area (Å²) in [7, 11) is 0. The Balaban J connectivity index is 0.000000135. The molecule has 6 aromatic heterocycles. The number of benzene rings is 4. The predicted molar refractivity (Wildman–Crippen MR) is 179 cm³/mol. The Bertz CT molecular complexity index is 2670. The number of thiazole rings is 1. The molecule has 244 valence electrons. The summed E-state index contributed by atoms with van der Waals surface area (Å²) in [6.45, 7) is 0. The zero-order valence-electron chi connectivity index (χ0n) is 25.3. The van der Waals surface area contributed by atoms with Gasteiger partial charge in [0.15, 0.2) is 0 Å². The molecule has 9 nitrogen and oxygen atoms in total. The molecule has 14 heteroatoms. The first-order chi connectivity index (χ1) is 24.4. The number of halogens is 4. The van der Waals surface area contributed by atoms with Crippen molar-refractivity contribution in [1.29, 1.82) is 0 Å². The summed E-state index contributed by atoms with van der Waals surface area (Å²) in [4.78, 5) is 13.1. The molecule has 0 aliphatic rings. The summed E-state index contributed by atoms with van der Waals surface area (Å²) >= 11 is 1.53. The molecule has 0 aliphatic heterocycles. The van der Waals surface area contributed by atoms with E-state index in [2.05, 4.69) is 25.1 Å². The van der Waals surface area contributed by atoms with Gasteiger partial charge in [-0.3, -0.25) is 13.9 Å². The van der Waals surface area contributed by atoms with Gasteiger partial charge in [-0.25, -0.2) is 22.5 Å². The minimum atomic E-state index is -0.675. The fourth-order valence-electron chi connectivity index (χ4n) is 5.95. The highest BCUT2D eigenvalue weighted by atomic mass is 32.1. The Labute approximate surface area is 281 Å². The van der Waals surface area contributed by atoms with Gasteiger partial charge >= 0.3 is 11.7 Å². The lowest BCUT2D eigenvalue weighted by molar-refractivity contribution is 0.584. The highest BCUT2D eigenvalue weighted by Crippen LogP contribution is 2.37. The van der Waals surface area contributed by atoms with Crippen molar-refractivity contribution in [2.75, 3.05) is 0 Å². The average molecular weight is 690 g/mol. The minimum Gasteiger partial charge on any atom is -0.432 e. The Morgan fingerprint density at radius 2 is 1.26 bits per heavy atom. The van der Waals surface area contributed by atoms with E-state index in [0.29, 0.717) is 34.5 Å². The van der Waals surface area contributed by atoms with E-state index in [1.807, 2.05) is 36.4 Å². The first kappa shape index (κ1) is 29.6. The fourth-order valence-corrected chi connectivity index (χ4v) is 6.67. The largest absolute Gasteiger partial charge is 0.432 e. The fraction of sp³-hybridized carbons (Fsp3) is 0. The molecule has 0 unspecified atom stereocenters. The van der Waals surface area contributed by atoms with E-state index >= 15 is 0 Å². The topological polar surface area (TPSA) is 102 Å². The first-order valence-corrected chi connectivity index (χ1v) is 15.9. The third-order valence-corrected chi connectivity index (χ3v) is 9.01. The number of hydrogen-bond donors (Lipinski definition) is 1. The quantitative estimate of drug-likeness (QED) is 0.185. The summed E-state index contributed by atoms with van der Waals surface area (Å²) in [5.74, 6) is -1.92. The Hall–Kier alpha value is -6.54. The third-order valence-electron chi connectivity index (χ3n) is 8.22. The van der Waals surface area contributed by atoms with Crippen LogP contribution >= 0.6 is 11.3 Å². The molecule has 50 heavy (non-hydrogen) atoms. The molecule has 0 bridgehead atoms. The van der Waals surface area contributed by atoms with Crippen molar-refractivity contribution in [3.05, 3.63) is 133 Å². The second kappa shape index (κ2) is 11.6. The summed E-state index contributed by atoms with van der Waals surface area (Å²) in [6, 6.07) is 18.4. The smallest absolute Gasteiger partial charge is 0.306 e. The van der Waals surface area contributed by atoms with E-state index in [0.717, 1.165) is 44.4 Å². The SMILES string of the molecule is Fc1ccc(-c2nc3occn3c2-c2ccc3[nH]ncc3c2)c(F)c1.Fc1ccc(-c2nc3occn3c2-c2ccc3ncsc3c2)c(F)c1.